The van der Waals surface area contributed by atoms with Crippen LogP contribution in [0.2, 0.25) is 0 Å². The van der Waals surface area contributed by atoms with E-state index in [0.717, 1.165) is 0 Å². The third-order valence-electron chi connectivity index (χ3n) is 1.11. The molecule has 0 aromatic heterocycles. The smallest absolute Gasteiger partial charge is 0.201 e. The highest BCUT2D eigenvalue weighted by atomic mass is 35.5. The second-order valence-corrected chi connectivity index (χ2v) is 4.71. The van der Waals surface area contributed by atoms with Gasteiger partial charge in [0.15, 0.2) is 0 Å². The summed E-state index contributed by atoms with van der Waals surface area (Å²) in [5.74, 6) is -5.41. The van der Waals surface area contributed by atoms with Gasteiger partial charge in [-0.15, -0.1) is 0 Å². The summed E-state index contributed by atoms with van der Waals surface area (Å²) in [6, 6.07) is 0. The lowest BCUT2D eigenvalue weighted by atomic mass is 10.2. The summed E-state index contributed by atoms with van der Waals surface area (Å²) in [5, 5.41) is 0. The van der Waals surface area contributed by atoms with Crippen molar-refractivity contribution in [1.29, 1.82) is 0 Å². The molecule has 0 unspecified atom stereocenters. The number of halogens is 10. The standard InChI is InChI=1S/C4Cl4F6/c5-1(6,4(12,13)14)2(9,10)3(7,8)11. The molecule has 0 aliphatic rings. The van der Waals surface area contributed by atoms with Crippen LogP contribution in [0.5, 0.6) is 0 Å². The van der Waals surface area contributed by atoms with Crippen LogP contribution < -0.4 is 0 Å². The topological polar surface area (TPSA) is 0 Å². The van der Waals surface area contributed by atoms with E-state index in [1.807, 2.05) is 0 Å². The van der Waals surface area contributed by atoms with Gasteiger partial charge in [-0.1, -0.05) is 46.4 Å². The largest absolute Gasteiger partial charge is 0.427 e. The van der Waals surface area contributed by atoms with Crippen LogP contribution >= 0.6 is 46.4 Å². The van der Waals surface area contributed by atoms with Crippen molar-refractivity contribution in [2.45, 2.75) is 21.0 Å². The maximum absolute atomic E-state index is 12.6. The SMILES string of the molecule is FC(F)(F)C(Cl)(Cl)C(F)(F)C(F)(Cl)Cl. The summed E-state index contributed by atoms with van der Waals surface area (Å²) in [5.41, 5.74) is 0. The molecule has 0 N–H and O–H groups in total. The van der Waals surface area contributed by atoms with Crippen LogP contribution in [-0.2, 0) is 0 Å². The Morgan fingerprint density at radius 1 is 0.643 bits per heavy atom. The van der Waals surface area contributed by atoms with E-state index in [1.54, 1.807) is 0 Å². The number of hydrogen-bond acceptors (Lipinski definition) is 0. The summed E-state index contributed by atoms with van der Waals surface area (Å²) in [7, 11) is 0. The molecule has 0 radical (unpaired) electrons. The Labute approximate surface area is 94.0 Å². The molecule has 0 atom stereocenters. The first kappa shape index (κ1) is 14.7. The first-order valence-corrected chi connectivity index (χ1v) is 4.15. The Morgan fingerprint density at radius 2 is 0.929 bits per heavy atom. The van der Waals surface area contributed by atoms with E-state index in [9.17, 15) is 26.3 Å². The molecule has 0 fully saturated rings. The van der Waals surface area contributed by atoms with Crippen molar-refractivity contribution >= 4 is 46.4 Å². The molecule has 0 bridgehead atoms. The highest BCUT2D eigenvalue weighted by molar-refractivity contribution is 6.53. The van der Waals surface area contributed by atoms with Gasteiger partial charge >= 0.3 is 16.7 Å². The fourth-order valence-corrected chi connectivity index (χ4v) is 1.09. The van der Waals surface area contributed by atoms with Gasteiger partial charge in [0.1, 0.15) is 0 Å². The van der Waals surface area contributed by atoms with E-state index in [2.05, 4.69) is 46.4 Å². The normalized spacial score (nSPS) is 15.9. The van der Waals surface area contributed by atoms with Gasteiger partial charge in [-0.3, -0.25) is 0 Å². The summed E-state index contributed by atoms with van der Waals surface area (Å²) < 4.78 is 63.7. The van der Waals surface area contributed by atoms with Gasteiger partial charge in [0.2, 0.25) is 0 Å². The third-order valence-corrected chi connectivity index (χ3v) is 2.48. The first-order chi connectivity index (χ1) is 5.75. The fraction of sp³-hybridized carbons (Fsp3) is 1.00. The Morgan fingerprint density at radius 3 is 1.00 bits per heavy atom. The molecule has 86 valence electrons. The van der Waals surface area contributed by atoms with E-state index in [0.29, 0.717) is 0 Å². The van der Waals surface area contributed by atoms with E-state index in [4.69, 9.17) is 0 Å². The predicted octanol–water partition coefficient (Wildman–Crippen LogP) is 4.46. The summed E-state index contributed by atoms with van der Waals surface area (Å²) in [6.07, 6.45) is -5.79. The van der Waals surface area contributed by atoms with Gasteiger partial charge in [-0.25, -0.2) is 4.39 Å². The van der Waals surface area contributed by atoms with Crippen molar-refractivity contribution in [3.05, 3.63) is 0 Å². The summed E-state index contributed by atoms with van der Waals surface area (Å²) in [4.78, 5) is 0. The van der Waals surface area contributed by atoms with Crippen LogP contribution in [0.1, 0.15) is 0 Å². The molecule has 0 rings (SSSR count). The molecule has 0 heterocycles. The van der Waals surface area contributed by atoms with Crippen LogP contribution in [0.25, 0.3) is 0 Å². The molecule has 0 amide bonds. The summed E-state index contributed by atoms with van der Waals surface area (Å²) >= 11 is 16.9. The molecule has 0 aromatic rings. The molecular weight excluding hydrogens is 304 g/mol. The zero-order valence-electron chi connectivity index (χ0n) is 5.78. The lowest BCUT2D eigenvalue weighted by molar-refractivity contribution is -0.210. The fourth-order valence-electron chi connectivity index (χ4n) is 0.356. The van der Waals surface area contributed by atoms with Gasteiger partial charge in [-0.05, 0) is 0 Å². The monoisotopic (exact) mass is 302 g/mol. The van der Waals surface area contributed by atoms with Gasteiger partial charge in [0.05, 0.1) is 0 Å². The van der Waals surface area contributed by atoms with Crippen LogP contribution in [0.15, 0.2) is 0 Å². The van der Waals surface area contributed by atoms with Crippen molar-refractivity contribution in [3.63, 3.8) is 0 Å². The molecule has 14 heavy (non-hydrogen) atoms. The highest BCUT2D eigenvalue weighted by Gasteiger charge is 2.76. The van der Waals surface area contributed by atoms with Crippen molar-refractivity contribution in [3.8, 4) is 0 Å². The lowest BCUT2D eigenvalue weighted by Gasteiger charge is -2.34. The van der Waals surface area contributed by atoms with Crippen molar-refractivity contribution in [2.24, 2.45) is 0 Å². The van der Waals surface area contributed by atoms with Gasteiger partial charge in [0, 0.05) is 0 Å². The molecule has 0 nitrogen and oxygen atoms in total. The molecule has 0 saturated heterocycles. The van der Waals surface area contributed by atoms with Crippen LogP contribution in [0.3, 0.4) is 0 Å². The maximum atomic E-state index is 12.6. The average molecular weight is 304 g/mol. The average Bonchev–Trinajstić information content (AvgIpc) is 1.81. The molecule has 0 spiro atoms. The quantitative estimate of drug-likeness (QED) is 0.522. The number of alkyl halides is 10. The Bertz CT molecular complexity index is 191. The zero-order valence-corrected chi connectivity index (χ0v) is 8.80. The van der Waals surface area contributed by atoms with Crippen molar-refractivity contribution in [2.75, 3.05) is 0 Å². The molecule has 10 heteroatoms. The molecule has 0 aliphatic heterocycles. The minimum atomic E-state index is -5.79. The van der Waals surface area contributed by atoms with Gasteiger partial charge in [-0.2, -0.15) is 22.0 Å². The van der Waals surface area contributed by atoms with Crippen molar-refractivity contribution in [1.82, 2.24) is 0 Å². The lowest BCUT2D eigenvalue weighted by Crippen LogP contribution is -2.57. The van der Waals surface area contributed by atoms with Gasteiger partial charge in [0.25, 0.3) is 4.33 Å². The molecule has 0 aliphatic carbocycles. The Kier molecular flexibility index (Phi) is 3.84. The van der Waals surface area contributed by atoms with E-state index >= 15 is 0 Å². The van der Waals surface area contributed by atoms with E-state index in [-0.39, 0.29) is 0 Å². The second-order valence-electron chi connectivity index (χ2n) is 2.14. The Hall–Kier alpha value is 0.740. The molecule has 0 aromatic carbocycles. The van der Waals surface area contributed by atoms with E-state index in [1.165, 1.54) is 0 Å². The zero-order chi connectivity index (χ0) is 12.0. The number of rotatable bonds is 2. The molecular formula is C4Cl4F6. The first-order valence-electron chi connectivity index (χ1n) is 2.64. The predicted molar refractivity (Wildman–Crippen MR) is 41.0 cm³/mol. The maximum Gasteiger partial charge on any atom is 0.427 e. The summed E-state index contributed by atoms with van der Waals surface area (Å²) in [6.45, 7) is 0. The van der Waals surface area contributed by atoms with Gasteiger partial charge < -0.3 is 0 Å². The van der Waals surface area contributed by atoms with E-state index < -0.39 is 21.0 Å². The molecule has 0 saturated carbocycles. The van der Waals surface area contributed by atoms with Crippen LogP contribution in [0.4, 0.5) is 26.3 Å². The third kappa shape index (κ3) is 2.28. The minimum Gasteiger partial charge on any atom is -0.201 e. The minimum absolute atomic E-state index is 4.20. The van der Waals surface area contributed by atoms with Crippen LogP contribution in [0, 0.1) is 0 Å². The van der Waals surface area contributed by atoms with Crippen LogP contribution in [-0.4, -0.2) is 21.0 Å². The number of hydrogen-bond donors (Lipinski definition) is 0. The second kappa shape index (κ2) is 3.64. The Balaban J connectivity index is 5.30. The van der Waals surface area contributed by atoms with Crippen molar-refractivity contribution < 1.29 is 26.3 Å². The highest BCUT2D eigenvalue weighted by Crippen LogP contribution is 2.57.